The minimum atomic E-state index is -0.468. The molecule has 0 bridgehead atoms. The third-order valence-corrected chi connectivity index (χ3v) is 4.17. The summed E-state index contributed by atoms with van der Waals surface area (Å²) in [4.78, 5) is 24.6. The first-order valence-corrected chi connectivity index (χ1v) is 8.15. The highest BCUT2D eigenvalue weighted by atomic mass is 16.5. The molecule has 24 heavy (non-hydrogen) atoms. The van der Waals surface area contributed by atoms with E-state index in [1.807, 2.05) is 0 Å². The Labute approximate surface area is 140 Å². The van der Waals surface area contributed by atoms with Crippen LogP contribution in [0.2, 0.25) is 0 Å². The van der Waals surface area contributed by atoms with E-state index in [2.05, 4.69) is 17.4 Å². The average molecular weight is 328 g/mol. The van der Waals surface area contributed by atoms with Crippen LogP contribution in [0, 0.1) is 5.92 Å². The van der Waals surface area contributed by atoms with E-state index in [1.54, 1.807) is 31.2 Å². The van der Waals surface area contributed by atoms with Crippen LogP contribution in [0.4, 0.5) is 5.69 Å². The van der Waals surface area contributed by atoms with Gasteiger partial charge in [-0.15, -0.1) is 0 Å². The number of para-hydroxylation sites is 1. The highest BCUT2D eigenvalue weighted by Crippen LogP contribution is 2.28. The maximum atomic E-state index is 12.6. The number of benzene rings is 1. The molecule has 0 fully saturated rings. The van der Waals surface area contributed by atoms with Crippen molar-refractivity contribution >= 4 is 17.6 Å². The summed E-state index contributed by atoms with van der Waals surface area (Å²) in [6.45, 7) is 4.16. The van der Waals surface area contributed by atoms with E-state index in [1.165, 1.54) is 0 Å². The molecule has 3 rings (SSSR count). The molecule has 1 heterocycles. The largest absolute Gasteiger partial charge is 0.462 e. The molecule has 0 aliphatic heterocycles. The van der Waals surface area contributed by atoms with Gasteiger partial charge in [0.05, 0.1) is 17.9 Å². The van der Waals surface area contributed by atoms with Gasteiger partial charge in [0.25, 0.3) is 5.91 Å². The summed E-state index contributed by atoms with van der Waals surface area (Å²) in [5.41, 5.74) is 1.90. The van der Waals surface area contributed by atoms with E-state index in [9.17, 15) is 9.59 Å². The Morgan fingerprint density at radius 3 is 2.96 bits per heavy atom. The number of hydrogen-bond acceptors (Lipinski definition) is 5. The van der Waals surface area contributed by atoms with Crippen molar-refractivity contribution in [2.75, 3.05) is 11.9 Å². The van der Waals surface area contributed by atoms with Crippen molar-refractivity contribution in [1.82, 2.24) is 5.16 Å². The second-order valence-corrected chi connectivity index (χ2v) is 6.00. The summed E-state index contributed by atoms with van der Waals surface area (Å²) >= 11 is 0. The molecule has 0 saturated heterocycles. The highest BCUT2D eigenvalue weighted by Gasteiger charge is 2.27. The summed E-state index contributed by atoms with van der Waals surface area (Å²) in [6.07, 6.45) is 2.62. The Kier molecular flexibility index (Phi) is 4.64. The Hall–Kier alpha value is -2.63. The first kappa shape index (κ1) is 16.2. The molecule has 0 saturated carbocycles. The van der Waals surface area contributed by atoms with Crippen LogP contribution in [-0.4, -0.2) is 23.6 Å². The van der Waals surface area contributed by atoms with Gasteiger partial charge in [-0.05, 0) is 37.8 Å². The number of nitrogens with one attached hydrogen (secondary N) is 1. The standard InChI is InChI=1S/C18H20N2O4/c1-3-23-18(22)12-6-4-5-7-14(12)19-17(21)16-13-10-11(2)8-9-15(13)24-20-16/h4-7,11H,3,8-10H2,1-2H3,(H,19,21)/t11-/m1/s1. The second-order valence-electron chi connectivity index (χ2n) is 6.00. The summed E-state index contributed by atoms with van der Waals surface area (Å²) in [5, 5.41) is 6.69. The SMILES string of the molecule is CCOC(=O)c1ccccc1NC(=O)c1noc2c1C[C@H](C)CC2. The molecule has 0 spiro atoms. The van der Waals surface area contributed by atoms with Gasteiger partial charge >= 0.3 is 5.97 Å². The molecule has 126 valence electrons. The number of ether oxygens (including phenoxy) is 1. The van der Waals surface area contributed by atoms with Crippen LogP contribution in [0.15, 0.2) is 28.8 Å². The van der Waals surface area contributed by atoms with Gasteiger partial charge in [-0.1, -0.05) is 24.2 Å². The summed E-state index contributed by atoms with van der Waals surface area (Å²) in [5.74, 6) is 0.447. The molecular formula is C18H20N2O4. The van der Waals surface area contributed by atoms with Gasteiger partial charge in [0.15, 0.2) is 5.69 Å². The second kappa shape index (κ2) is 6.86. The van der Waals surface area contributed by atoms with Crippen LogP contribution in [0.3, 0.4) is 0 Å². The zero-order valence-electron chi connectivity index (χ0n) is 13.8. The molecule has 1 aromatic heterocycles. The van der Waals surface area contributed by atoms with Gasteiger partial charge in [0.1, 0.15) is 5.76 Å². The maximum Gasteiger partial charge on any atom is 0.340 e. The number of esters is 1. The minimum absolute atomic E-state index is 0.274. The molecule has 1 aliphatic carbocycles. The normalized spacial score (nSPS) is 16.3. The number of fused-ring (bicyclic) bond motifs is 1. The topological polar surface area (TPSA) is 81.4 Å². The minimum Gasteiger partial charge on any atom is -0.462 e. The van der Waals surface area contributed by atoms with Crippen molar-refractivity contribution < 1.29 is 18.8 Å². The Bertz CT molecular complexity index is 766. The number of carbonyl (C=O) groups is 2. The predicted molar refractivity (Wildman–Crippen MR) is 88.0 cm³/mol. The lowest BCUT2D eigenvalue weighted by atomic mass is 9.88. The van der Waals surface area contributed by atoms with Gasteiger partial charge < -0.3 is 14.6 Å². The van der Waals surface area contributed by atoms with Crippen molar-refractivity contribution in [2.24, 2.45) is 5.92 Å². The van der Waals surface area contributed by atoms with Crippen molar-refractivity contribution in [2.45, 2.75) is 33.1 Å². The molecule has 1 atom stereocenters. The van der Waals surface area contributed by atoms with Crippen molar-refractivity contribution in [3.63, 3.8) is 0 Å². The number of hydrogen-bond donors (Lipinski definition) is 1. The van der Waals surface area contributed by atoms with E-state index in [0.29, 0.717) is 22.9 Å². The average Bonchev–Trinajstić information content (AvgIpc) is 2.98. The maximum absolute atomic E-state index is 12.6. The number of carbonyl (C=O) groups excluding carboxylic acids is 2. The number of nitrogens with zero attached hydrogens (tertiary/aromatic N) is 1. The van der Waals surface area contributed by atoms with Gasteiger partial charge in [-0.3, -0.25) is 4.79 Å². The first-order valence-electron chi connectivity index (χ1n) is 8.15. The summed E-state index contributed by atoms with van der Waals surface area (Å²) in [7, 11) is 0. The molecule has 1 amide bonds. The van der Waals surface area contributed by atoms with E-state index in [0.717, 1.165) is 30.6 Å². The van der Waals surface area contributed by atoms with E-state index in [4.69, 9.17) is 9.26 Å². The van der Waals surface area contributed by atoms with Gasteiger partial charge in [0.2, 0.25) is 0 Å². The van der Waals surface area contributed by atoms with Crippen molar-refractivity contribution in [3.05, 3.63) is 46.8 Å². The van der Waals surface area contributed by atoms with E-state index >= 15 is 0 Å². The lowest BCUT2D eigenvalue weighted by Crippen LogP contribution is -2.19. The lowest BCUT2D eigenvalue weighted by Gasteiger charge is -2.16. The molecule has 2 aromatic rings. The fourth-order valence-corrected chi connectivity index (χ4v) is 2.92. The zero-order valence-corrected chi connectivity index (χ0v) is 13.8. The van der Waals surface area contributed by atoms with Crippen LogP contribution >= 0.6 is 0 Å². The molecule has 6 heteroatoms. The highest BCUT2D eigenvalue weighted by molar-refractivity contribution is 6.07. The third-order valence-electron chi connectivity index (χ3n) is 4.17. The Balaban J connectivity index is 1.84. The number of rotatable bonds is 4. The number of aryl methyl sites for hydroxylation is 1. The molecule has 1 N–H and O–H groups in total. The van der Waals surface area contributed by atoms with Crippen LogP contribution in [0.5, 0.6) is 0 Å². The van der Waals surface area contributed by atoms with E-state index < -0.39 is 5.97 Å². The van der Waals surface area contributed by atoms with Gasteiger partial charge in [-0.2, -0.15) is 0 Å². The van der Waals surface area contributed by atoms with E-state index in [-0.39, 0.29) is 12.5 Å². The fourth-order valence-electron chi connectivity index (χ4n) is 2.92. The van der Waals surface area contributed by atoms with Crippen molar-refractivity contribution in [1.29, 1.82) is 0 Å². The van der Waals surface area contributed by atoms with Crippen molar-refractivity contribution in [3.8, 4) is 0 Å². The molecule has 6 nitrogen and oxygen atoms in total. The summed E-state index contributed by atoms with van der Waals surface area (Å²) in [6, 6.07) is 6.76. The molecule has 0 unspecified atom stereocenters. The molecule has 1 aliphatic rings. The number of aromatic nitrogens is 1. The Morgan fingerprint density at radius 2 is 2.17 bits per heavy atom. The van der Waals surface area contributed by atoms with Gasteiger partial charge in [0, 0.05) is 12.0 Å². The van der Waals surface area contributed by atoms with Crippen LogP contribution in [-0.2, 0) is 17.6 Å². The Morgan fingerprint density at radius 1 is 1.38 bits per heavy atom. The quantitative estimate of drug-likeness (QED) is 0.871. The predicted octanol–water partition coefficient (Wildman–Crippen LogP) is 3.23. The zero-order chi connectivity index (χ0) is 17.1. The molecule has 0 radical (unpaired) electrons. The molecule has 1 aromatic carbocycles. The summed E-state index contributed by atoms with van der Waals surface area (Å²) < 4.78 is 10.3. The van der Waals surface area contributed by atoms with Gasteiger partial charge in [-0.25, -0.2) is 4.79 Å². The lowest BCUT2D eigenvalue weighted by molar-refractivity contribution is 0.0527. The smallest absolute Gasteiger partial charge is 0.340 e. The number of amides is 1. The van der Waals surface area contributed by atoms with Crippen LogP contribution in [0.25, 0.3) is 0 Å². The first-order chi connectivity index (χ1) is 11.6. The van der Waals surface area contributed by atoms with Crippen LogP contribution in [0.1, 0.15) is 52.4 Å². The molecular weight excluding hydrogens is 308 g/mol. The fraction of sp³-hybridized carbons (Fsp3) is 0.389. The number of anilines is 1. The van der Waals surface area contributed by atoms with Crippen LogP contribution < -0.4 is 5.32 Å². The third kappa shape index (κ3) is 3.18. The monoisotopic (exact) mass is 328 g/mol.